The first-order valence-corrected chi connectivity index (χ1v) is 11.5. The fraction of sp³-hybridized carbons (Fsp3) is 0.714. The van der Waals surface area contributed by atoms with E-state index in [1.807, 2.05) is 0 Å². The summed E-state index contributed by atoms with van der Waals surface area (Å²) in [6.45, 7) is 10.6. The van der Waals surface area contributed by atoms with Gasteiger partial charge in [-0.25, -0.2) is 0 Å². The second kappa shape index (κ2) is 10.3. The maximum atomic E-state index is 12.4. The van der Waals surface area contributed by atoms with Crippen molar-refractivity contribution in [2.24, 2.45) is 0 Å². The second-order valence-electron chi connectivity index (χ2n) is 6.95. The van der Waals surface area contributed by atoms with Crippen LogP contribution in [-0.2, 0) is 42.2 Å². The van der Waals surface area contributed by atoms with E-state index in [4.69, 9.17) is 0 Å². The normalized spacial score (nSPS) is 11.9. The van der Waals surface area contributed by atoms with Crippen LogP contribution in [0, 0.1) is 0 Å². The minimum Gasteiger partial charge on any atom is -0.282 e. The summed E-state index contributed by atoms with van der Waals surface area (Å²) < 4.78 is 34.8. The summed E-state index contributed by atoms with van der Waals surface area (Å²) in [6.07, 6.45) is 8.96. The van der Waals surface area contributed by atoms with Crippen LogP contribution in [0.25, 0.3) is 0 Å². The maximum absolute atomic E-state index is 12.4. The molecule has 1 aromatic carbocycles. The Balaban J connectivity index is 4.00. The SMILES string of the molecule is CCCc1c(CCC)c(CCC)c(S(=O)(=O)O)c(CCC)c1CCC. The molecule has 1 N–H and O–H groups in total. The Labute approximate surface area is 155 Å². The summed E-state index contributed by atoms with van der Waals surface area (Å²) in [6, 6.07) is 0. The van der Waals surface area contributed by atoms with Crippen LogP contribution < -0.4 is 0 Å². The molecule has 0 aromatic heterocycles. The van der Waals surface area contributed by atoms with E-state index in [-0.39, 0.29) is 4.90 Å². The molecule has 0 bridgehead atoms. The molecule has 0 aliphatic heterocycles. The van der Waals surface area contributed by atoms with Crippen LogP contribution in [-0.4, -0.2) is 13.0 Å². The summed E-state index contributed by atoms with van der Waals surface area (Å²) in [7, 11) is -4.22. The van der Waals surface area contributed by atoms with Gasteiger partial charge < -0.3 is 0 Å². The average Bonchev–Trinajstić information content (AvgIpc) is 2.53. The first-order valence-electron chi connectivity index (χ1n) is 10.0. The third-order valence-electron chi connectivity index (χ3n) is 4.76. The van der Waals surface area contributed by atoms with Gasteiger partial charge >= 0.3 is 0 Å². The first kappa shape index (κ1) is 22.2. The molecular formula is C21H36O3S. The summed E-state index contributed by atoms with van der Waals surface area (Å²) in [5.74, 6) is 0. The van der Waals surface area contributed by atoms with Gasteiger partial charge in [-0.1, -0.05) is 66.7 Å². The zero-order chi connectivity index (χ0) is 19.0. The van der Waals surface area contributed by atoms with Crippen LogP contribution in [0.5, 0.6) is 0 Å². The van der Waals surface area contributed by atoms with Crippen molar-refractivity contribution in [2.75, 3.05) is 0 Å². The van der Waals surface area contributed by atoms with Crippen LogP contribution in [0.15, 0.2) is 4.90 Å². The standard InChI is InChI=1S/C21H36O3S/c1-6-11-16-17(12-7-2)19(14-9-4)21(25(22,23)24)20(15-10-5)18(16)13-8-3/h6-15H2,1-5H3,(H,22,23,24). The first-order chi connectivity index (χ1) is 11.9. The average molecular weight is 369 g/mol. The van der Waals surface area contributed by atoms with Gasteiger partial charge in [-0.05, 0) is 59.9 Å². The van der Waals surface area contributed by atoms with Crippen LogP contribution in [0.3, 0.4) is 0 Å². The minimum atomic E-state index is -4.22. The lowest BCUT2D eigenvalue weighted by atomic mass is 9.83. The highest BCUT2D eigenvalue weighted by atomic mass is 32.2. The molecule has 0 atom stereocenters. The molecule has 144 valence electrons. The molecule has 0 amide bonds. The highest BCUT2D eigenvalue weighted by Gasteiger charge is 2.28. The molecule has 25 heavy (non-hydrogen) atoms. The van der Waals surface area contributed by atoms with E-state index in [9.17, 15) is 13.0 Å². The van der Waals surface area contributed by atoms with Gasteiger partial charge in [-0.15, -0.1) is 0 Å². The monoisotopic (exact) mass is 368 g/mol. The number of rotatable bonds is 11. The highest BCUT2D eigenvalue weighted by Crippen LogP contribution is 2.36. The molecular weight excluding hydrogens is 332 g/mol. The number of hydrogen-bond acceptors (Lipinski definition) is 2. The smallest absolute Gasteiger partial charge is 0.282 e. The molecule has 0 aliphatic carbocycles. The lowest BCUT2D eigenvalue weighted by Crippen LogP contribution is -2.17. The van der Waals surface area contributed by atoms with Gasteiger partial charge in [0.1, 0.15) is 4.90 Å². The van der Waals surface area contributed by atoms with Gasteiger partial charge in [0.25, 0.3) is 10.1 Å². The molecule has 0 spiro atoms. The Morgan fingerprint density at radius 2 is 0.800 bits per heavy atom. The molecule has 3 nitrogen and oxygen atoms in total. The second-order valence-corrected chi connectivity index (χ2v) is 8.31. The third-order valence-corrected chi connectivity index (χ3v) is 5.77. The lowest BCUT2D eigenvalue weighted by Gasteiger charge is -2.25. The summed E-state index contributed by atoms with van der Waals surface area (Å²) >= 11 is 0. The zero-order valence-electron chi connectivity index (χ0n) is 16.7. The Morgan fingerprint density at radius 1 is 0.560 bits per heavy atom. The van der Waals surface area contributed by atoms with Gasteiger partial charge in [0.05, 0.1) is 0 Å². The van der Waals surface area contributed by atoms with Crippen molar-refractivity contribution in [3.8, 4) is 0 Å². The van der Waals surface area contributed by atoms with Crippen LogP contribution in [0.2, 0.25) is 0 Å². The van der Waals surface area contributed by atoms with Crippen molar-refractivity contribution < 1.29 is 13.0 Å². The van der Waals surface area contributed by atoms with Crippen molar-refractivity contribution in [1.29, 1.82) is 0 Å². The summed E-state index contributed by atoms with van der Waals surface area (Å²) in [5.41, 5.74) is 5.53. The molecule has 0 saturated heterocycles. The van der Waals surface area contributed by atoms with Gasteiger partial charge in [0, 0.05) is 0 Å². The molecule has 1 aromatic rings. The van der Waals surface area contributed by atoms with Crippen LogP contribution in [0.1, 0.15) is 94.5 Å². The summed E-state index contributed by atoms with van der Waals surface area (Å²) in [4.78, 5) is 0.239. The topological polar surface area (TPSA) is 54.4 Å². The van der Waals surface area contributed by atoms with Crippen molar-refractivity contribution in [3.05, 3.63) is 27.8 Å². The van der Waals surface area contributed by atoms with Gasteiger partial charge in [-0.3, -0.25) is 4.55 Å². The van der Waals surface area contributed by atoms with E-state index in [0.29, 0.717) is 12.8 Å². The lowest BCUT2D eigenvalue weighted by molar-refractivity contribution is 0.480. The predicted octanol–water partition coefficient (Wildman–Crippen LogP) is 5.70. The minimum absolute atomic E-state index is 0.239. The molecule has 0 aliphatic rings. The van der Waals surface area contributed by atoms with Crippen molar-refractivity contribution in [2.45, 2.75) is 104 Å². The third kappa shape index (κ3) is 5.30. The molecule has 0 unspecified atom stereocenters. The number of benzene rings is 1. The van der Waals surface area contributed by atoms with E-state index < -0.39 is 10.1 Å². The Kier molecular flexibility index (Phi) is 9.15. The quantitative estimate of drug-likeness (QED) is 0.510. The van der Waals surface area contributed by atoms with Crippen molar-refractivity contribution >= 4 is 10.1 Å². The molecule has 0 fully saturated rings. The summed E-state index contributed by atoms with van der Waals surface area (Å²) in [5, 5.41) is 0. The fourth-order valence-electron chi connectivity index (χ4n) is 4.00. The highest BCUT2D eigenvalue weighted by molar-refractivity contribution is 7.86. The van der Waals surface area contributed by atoms with E-state index in [2.05, 4.69) is 34.6 Å². The van der Waals surface area contributed by atoms with E-state index in [0.717, 1.165) is 62.5 Å². The van der Waals surface area contributed by atoms with Crippen molar-refractivity contribution in [1.82, 2.24) is 0 Å². The zero-order valence-corrected chi connectivity index (χ0v) is 17.6. The van der Waals surface area contributed by atoms with Gasteiger partial charge in [0.2, 0.25) is 0 Å². The van der Waals surface area contributed by atoms with Gasteiger partial charge in [-0.2, -0.15) is 8.42 Å². The van der Waals surface area contributed by atoms with E-state index >= 15 is 0 Å². The van der Waals surface area contributed by atoms with Gasteiger partial charge in [0.15, 0.2) is 0 Å². The molecule has 0 saturated carbocycles. The van der Waals surface area contributed by atoms with E-state index in [1.165, 1.54) is 16.7 Å². The number of hydrogen-bond donors (Lipinski definition) is 1. The van der Waals surface area contributed by atoms with Crippen LogP contribution in [0.4, 0.5) is 0 Å². The van der Waals surface area contributed by atoms with Crippen molar-refractivity contribution in [3.63, 3.8) is 0 Å². The Morgan fingerprint density at radius 3 is 1.04 bits per heavy atom. The van der Waals surface area contributed by atoms with Crippen LogP contribution >= 0.6 is 0 Å². The Bertz CT molecular complexity index is 623. The largest absolute Gasteiger partial charge is 0.295 e. The fourth-order valence-corrected chi connectivity index (χ4v) is 5.07. The molecule has 0 radical (unpaired) electrons. The Hall–Kier alpha value is -0.870. The van der Waals surface area contributed by atoms with E-state index in [1.54, 1.807) is 0 Å². The molecule has 1 rings (SSSR count). The molecule has 4 heteroatoms. The maximum Gasteiger partial charge on any atom is 0.295 e. The molecule has 0 heterocycles. The predicted molar refractivity (Wildman–Crippen MR) is 106 cm³/mol.